The second-order valence-electron chi connectivity index (χ2n) is 19.9. The van der Waals surface area contributed by atoms with E-state index < -0.39 is 158 Å². The van der Waals surface area contributed by atoms with E-state index in [1.165, 1.54) is 24.2 Å². The highest BCUT2D eigenvalue weighted by Gasteiger charge is 2.39. The molecule has 10 amide bonds. The zero-order valence-electron chi connectivity index (χ0n) is 45.1. The summed E-state index contributed by atoms with van der Waals surface area (Å²) in [7, 11) is 0. The molecule has 0 saturated carbocycles. The van der Waals surface area contributed by atoms with Gasteiger partial charge in [-0.1, -0.05) is 51.1 Å². The van der Waals surface area contributed by atoms with Crippen molar-refractivity contribution in [3.63, 3.8) is 0 Å². The number of aliphatic hydroxyl groups excluding tert-OH is 1. The summed E-state index contributed by atoms with van der Waals surface area (Å²) in [5, 5.41) is 36.0. The average molecular weight is 1130 g/mol. The summed E-state index contributed by atoms with van der Waals surface area (Å²) >= 11 is 0. The van der Waals surface area contributed by atoms with Crippen LogP contribution in [0.3, 0.4) is 0 Å². The molecule has 25 nitrogen and oxygen atoms in total. The smallest absolute Gasteiger partial charge is 0.303 e. The molecule has 0 spiro atoms. The van der Waals surface area contributed by atoms with E-state index in [0.29, 0.717) is 11.3 Å². The molecule has 13 N–H and O–H groups in total. The van der Waals surface area contributed by atoms with Crippen LogP contribution in [0.5, 0.6) is 0 Å². The van der Waals surface area contributed by atoms with E-state index in [-0.39, 0.29) is 43.6 Å². The molecule has 2 heterocycles. The number of primary amides is 2. The summed E-state index contributed by atoms with van der Waals surface area (Å²) < 4.78 is 31.8. The van der Waals surface area contributed by atoms with Crippen molar-refractivity contribution < 1.29 is 71.7 Å². The maximum atomic E-state index is 15.4. The molecule has 4 aromatic rings. The van der Waals surface area contributed by atoms with Crippen molar-refractivity contribution in [2.45, 2.75) is 103 Å². The number of carbonyl (C=O) groups is 11. The summed E-state index contributed by atoms with van der Waals surface area (Å²) in [6, 6.07) is 9.01. The fraction of sp³-hybridized carbons (Fsp3) is 0.407. The molecule has 0 unspecified atom stereocenters. The van der Waals surface area contributed by atoms with E-state index in [1.807, 2.05) is 12.1 Å². The molecular weight excluding hydrogens is 1060 g/mol. The summed E-state index contributed by atoms with van der Waals surface area (Å²) in [6.45, 7) is 4.14. The van der Waals surface area contributed by atoms with Gasteiger partial charge in [-0.3, -0.25) is 57.7 Å². The molecule has 2 aromatic carbocycles. The molecule has 4 rings (SSSR count). The topological polar surface area (TPSA) is 386 Å². The Morgan fingerprint density at radius 1 is 0.691 bits per heavy atom. The standard InChI is InChI=1S/C54H68F2N12O13/c1-31(63-45(73)22-32-14-17-59-18-15-32)50(78)65-39(25-42(57)70)53(81)66-40(26-43(58)71)52(80)64-38(51(79)61-20-19-60-46(74)27-62-44(72)12-13-48(76)77)16-21-68(47(75)30-69)49(54(2,3)4)41-23-34(36-24-35(55)10-11-37(36)56)29-67(41)28-33-8-6-5-7-9-33/h5-11,14-15,17-18,23-24,29,31,38-40,49,69H,12-13,16,19-22,25-28,30H2,1-4H3,(H2,57,70)(H2,58,71)(H,60,74)(H,61,79)(H,62,72)(H,63,73)(H,64,80)(H,65,78)(H,66,81)(H,76,77)/t31-,38-,39+,40-,49-/m0/s1. The van der Waals surface area contributed by atoms with Crippen molar-refractivity contribution >= 4 is 65.0 Å². The highest BCUT2D eigenvalue weighted by Crippen LogP contribution is 2.41. The van der Waals surface area contributed by atoms with Gasteiger partial charge in [0.25, 0.3) is 0 Å². The maximum absolute atomic E-state index is 15.4. The lowest BCUT2D eigenvalue weighted by Gasteiger charge is -2.41. The number of carboxylic acid groups (broad SMARTS) is 1. The van der Waals surface area contributed by atoms with Crippen LogP contribution in [-0.4, -0.2) is 147 Å². The molecule has 436 valence electrons. The average Bonchev–Trinajstić information content (AvgIpc) is 3.80. The van der Waals surface area contributed by atoms with Crippen LogP contribution in [-0.2, 0) is 65.7 Å². The van der Waals surface area contributed by atoms with Gasteiger partial charge in [0.15, 0.2) is 0 Å². The Balaban J connectivity index is 1.67. The first-order valence-corrected chi connectivity index (χ1v) is 25.5. The van der Waals surface area contributed by atoms with Crippen LogP contribution in [0.25, 0.3) is 11.1 Å². The van der Waals surface area contributed by atoms with Crippen molar-refractivity contribution in [2.24, 2.45) is 16.9 Å². The fourth-order valence-electron chi connectivity index (χ4n) is 8.40. The largest absolute Gasteiger partial charge is 0.481 e. The zero-order valence-corrected chi connectivity index (χ0v) is 45.1. The number of nitrogens with two attached hydrogens (primary N) is 2. The molecule has 0 radical (unpaired) electrons. The fourth-order valence-corrected chi connectivity index (χ4v) is 8.40. The zero-order chi connectivity index (χ0) is 60.0. The Labute approximate surface area is 464 Å². The number of pyridine rings is 1. The second-order valence-corrected chi connectivity index (χ2v) is 19.9. The molecule has 0 aliphatic heterocycles. The highest BCUT2D eigenvalue weighted by atomic mass is 19.1. The monoisotopic (exact) mass is 1130 g/mol. The van der Waals surface area contributed by atoms with Crippen LogP contribution in [0.15, 0.2) is 85.3 Å². The number of aliphatic carboxylic acids is 1. The summed E-state index contributed by atoms with van der Waals surface area (Å²) in [4.78, 5) is 147. The normalized spacial score (nSPS) is 12.9. The number of nitrogens with one attached hydrogen (secondary N) is 7. The van der Waals surface area contributed by atoms with Crippen molar-refractivity contribution in [1.82, 2.24) is 51.7 Å². The predicted molar refractivity (Wildman–Crippen MR) is 286 cm³/mol. The van der Waals surface area contributed by atoms with Gasteiger partial charge in [-0.2, -0.15) is 0 Å². The minimum absolute atomic E-state index is 0.0938. The van der Waals surface area contributed by atoms with Crippen LogP contribution in [0.1, 0.15) is 82.7 Å². The first-order chi connectivity index (χ1) is 38.2. The van der Waals surface area contributed by atoms with Gasteiger partial charge in [0.1, 0.15) is 42.4 Å². The lowest BCUT2D eigenvalue weighted by Crippen LogP contribution is -2.59. The number of hydrogen-bond acceptors (Lipinski definition) is 13. The third kappa shape index (κ3) is 21.2. The van der Waals surface area contributed by atoms with Crippen molar-refractivity contribution in [3.8, 4) is 11.1 Å². The second kappa shape index (κ2) is 30.9. The maximum Gasteiger partial charge on any atom is 0.303 e. The lowest BCUT2D eigenvalue weighted by molar-refractivity contribution is -0.140. The number of nitrogens with zero attached hydrogens (tertiary/aromatic N) is 3. The third-order valence-electron chi connectivity index (χ3n) is 12.2. The lowest BCUT2D eigenvalue weighted by atomic mass is 9.82. The number of aromatic nitrogens is 2. The van der Waals surface area contributed by atoms with Gasteiger partial charge in [-0.05, 0) is 66.3 Å². The van der Waals surface area contributed by atoms with E-state index in [4.69, 9.17) is 16.6 Å². The number of rotatable bonds is 31. The molecule has 81 heavy (non-hydrogen) atoms. The predicted octanol–water partition coefficient (Wildman–Crippen LogP) is -0.659. The molecule has 0 fully saturated rings. The van der Waals surface area contributed by atoms with E-state index in [1.54, 1.807) is 67.9 Å². The van der Waals surface area contributed by atoms with E-state index in [9.17, 15) is 62.2 Å². The molecule has 0 saturated heterocycles. The minimum atomic E-state index is -1.92. The summed E-state index contributed by atoms with van der Waals surface area (Å²) in [5.74, 6) is -12.2. The number of amides is 10. The van der Waals surface area contributed by atoms with Gasteiger partial charge in [0.2, 0.25) is 59.1 Å². The van der Waals surface area contributed by atoms with Crippen LogP contribution in [0, 0.1) is 17.0 Å². The van der Waals surface area contributed by atoms with Crippen molar-refractivity contribution in [3.05, 3.63) is 114 Å². The van der Waals surface area contributed by atoms with E-state index in [0.717, 1.165) is 23.8 Å². The number of benzene rings is 2. The molecule has 0 bridgehead atoms. The number of halogens is 2. The Bertz CT molecular complexity index is 2900. The van der Waals surface area contributed by atoms with Crippen molar-refractivity contribution in [2.75, 3.05) is 32.8 Å². The Hall–Kier alpha value is -9.14. The molecule has 0 aliphatic rings. The van der Waals surface area contributed by atoms with Gasteiger partial charge in [-0.15, -0.1) is 0 Å². The van der Waals surface area contributed by atoms with Gasteiger partial charge >= 0.3 is 5.97 Å². The third-order valence-corrected chi connectivity index (χ3v) is 12.2. The van der Waals surface area contributed by atoms with Gasteiger partial charge < -0.3 is 68.4 Å². The Kier molecular flexibility index (Phi) is 24.5. The highest BCUT2D eigenvalue weighted by molar-refractivity contribution is 5.98. The quantitative estimate of drug-likeness (QED) is 0.0279. The molecule has 2 aromatic heterocycles. The van der Waals surface area contributed by atoms with Crippen LogP contribution >= 0.6 is 0 Å². The van der Waals surface area contributed by atoms with E-state index in [2.05, 4.69) is 42.2 Å². The van der Waals surface area contributed by atoms with Gasteiger partial charge in [0, 0.05) is 68.0 Å². The van der Waals surface area contributed by atoms with Gasteiger partial charge in [0.05, 0.1) is 38.3 Å². The number of aliphatic hydroxyl groups is 1. The number of hydrogen-bond donors (Lipinski definition) is 11. The van der Waals surface area contributed by atoms with Crippen LogP contribution in [0.4, 0.5) is 8.78 Å². The van der Waals surface area contributed by atoms with Gasteiger partial charge in [-0.25, -0.2) is 8.78 Å². The first-order valence-electron chi connectivity index (χ1n) is 25.5. The molecule has 5 atom stereocenters. The van der Waals surface area contributed by atoms with E-state index >= 15 is 4.39 Å². The summed E-state index contributed by atoms with van der Waals surface area (Å²) in [6.07, 6.45) is 1.29. The summed E-state index contributed by atoms with van der Waals surface area (Å²) in [5.41, 5.74) is 11.9. The first kappa shape index (κ1) is 64.4. The Morgan fingerprint density at radius 3 is 1.89 bits per heavy atom. The van der Waals surface area contributed by atoms with Crippen LogP contribution < -0.4 is 48.7 Å². The van der Waals surface area contributed by atoms with Crippen molar-refractivity contribution in [1.29, 1.82) is 0 Å². The minimum Gasteiger partial charge on any atom is -0.481 e. The van der Waals surface area contributed by atoms with Crippen LogP contribution in [0.2, 0.25) is 0 Å². The number of carbonyl (C=O) groups excluding carboxylic acids is 10. The molecular formula is C54H68F2N12O13. The molecule has 27 heteroatoms. The number of carboxylic acids is 1. The SMILES string of the molecule is C[C@H](NC(=O)Cc1ccncc1)C(=O)N[C@H](CC(N)=O)C(=O)N[C@@H](CC(N)=O)C(=O)N[C@@H](CCN(C(=O)CO)[C@@H](c1cc(-c2cc(F)ccc2F)cn1Cc1ccccc1)C(C)(C)C)C(=O)NCCNC(=O)CNC(=O)CCC(=O)O. The Morgan fingerprint density at radius 2 is 1.30 bits per heavy atom. The molecule has 0 aliphatic carbocycles.